The number of halogens is 3. The molecule has 0 fully saturated rings. The van der Waals surface area contributed by atoms with Gasteiger partial charge in [-0.15, -0.1) is 37.3 Å². The smallest absolute Gasteiger partial charge is 0.855 e. The number of imidazole rings is 4. The molecule has 0 aliphatic carbocycles. The monoisotopic (exact) mass is 1080 g/mol. The van der Waals surface area contributed by atoms with E-state index in [0.717, 1.165) is 81.5 Å². The Balaban J connectivity index is 0.000000649. The molecule has 378 valence electrons. The van der Waals surface area contributed by atoms with Crippen LogP contribution in [0, 0.1) is 42.1 Å². The average molecular weight is 1080 g/mol. The molecule has 24 nitrogen and oxygen atoms in total. The Morgan fingerprint density at radius 2 is 0.829 bits per heavy atom. The molecule has 0 bridgehead atoms. The van der Waals surface area contributed by atoms with E-state index < -0.39 is 30.7 Å². The standard InChI is InChI=1S/C38H40N10.C2H3N.C2H5O.3ClHO4.Fe/c1-43-31-17-9-5-13-27(31)39-35(43)23-47(24-36-40-28-14-6-10-18-32(28)44(36)2)21-22-48(25-37-41-29-15-7-11-19-33(29)45(37)3)26-38-42-30-16-8-12-20-34(30)46(38)4;2*1-2-3;3*2-1(3,4)5;/h5-20H,21-26H2,1-4H3;1H3;2H2,1H3;3*(H,2,3,4,5);/q;;-1;;;;+4/p-2. The van der Waals surface area contributed by atoms with Crippen LogP contribution in [0.15, 0.2) is 97.1 Å². The zero-order valence-corrected chi connectivity index (χ0v) is 41.8. The summed E-state index contributed by atoms with van der Waals surface area (Å²) in [6.07, 6.45) is 0. The van der Waals surface area contributed by atoms with E-state index in [4.69, 9.17) is 81.2 Å². The third-order valence-electron chi connectivity index (χ3n) is 9.79. The second kappa shape index (κ2) is 28.2. The Labute approximate surface area is 418 Å². The van der Waals surface area contributed by atoms with Gasteiger partial charge in [0, 0.05) is 41.2 Å². The molecule has 4 aromatic heterocycles. The Morgan fingerprint density at radius 3 is 1.13 bits per heavy atom. The summed E-state index contributed by atoms with van der Waals surface area (Å²) >= 11 is 0. The molecule has 0 saturated heterocycles. The molecule has 0 saturated carbocycles. The number of nitrogens with one attached hydrogen (secondary N) is 1. The topological polar surface area (TPSA) is 403 Å². The van der Waals surface area contributed by atoms with E-state index in [1.807, 2.05) is 0 Å². The number of fused-ring (bicyclic) bond motifs is 4. The largest absolute Gasteiger partial charge is 4.00 e. The number of para-hydroxylation sites is 8. The number of nitriles is 1. The number of aryl methyl sites for hydroxylation is 4. The van der Waals surface area contributed by atoms with Crippen molar-refractivity contribution in [2.75, 3.05) is 19.7 Å². The number of rotatable bonds is 11. The quantitative estimate of drug-likeness (QED) is 0.0928. The van der Waals surface area contributed by atoms with Crippen LogP contribution in [-0.2, 0) is 71.4 Å². The van der Waals surface area contributed by atoms with E-state index in [9.17, 15) is 0 Å². The third kappa shape index (κ3) is 20.8. The number of aromatic amines is 1. The molecule has 0 spiro atoms. The molecule has 8 rings (SSSR count). The third-order valence-corrected chi connectivity index (χ3v) is 9.79. The van der Waals surface area contributed by atoms with Gasteiger partial charge in [-0.1, -0.05) is 55.5 Å². The van der Waals surface area contributed by atoms with Crippen LogP contribution in [0.4, 0.5) is 0 Å². The van der Waals surface area contributed by atoms with Gasteiger partial charge in [0.1, 0.15) is 24.0 Å². The van der Waals surface area contributed by atoms with E-state index in [2.05, 4.69) is 158 Å². The molecular weight excluding hydrogens is 1030 g/mol. The maximum Gasteiger partial charge on any atom is 4.00 e. The van der Waals surface area contributed by atoms with Crippen LogP contribution in [0.5, 0.6) is 0 Å². The van der Waals surface area contributed by atoms with Crippen LogP contribution in [0.3, 0.4) is 0 Å². The van der Waals surface area contributed by atoms with Gasteiger partial charge in [0.05, 0.1) is 65.9 Å². The predicted molar refractivity (Wildman–Crippen MR) is 212 cm³/mol. The van der Waals surface area contributed by atoms with E-state index in [1.165, 1.54) is 12.4 Å². The first-order valence-corrected chi connectivity index (χ1v) is 23.8. The van der Waals surface area contributed by atoms with Crippen molar-refractivity contribution in [2.24, 2.45) is 28.2 Å². The predicted octanol–water partition coefficient (Wildman–Crippen LogP) is -9.02. The van der Waals surface area contributed by atoms with Crippen molar-refractivity contribution in [3.63, 3.8) is 0 Å². The SMILES string of the molecule is CC#N.CC[O-].Cn1c(CN(CCN(Cc2nc3ccccc3n2C)Cc2[nH]c3ccccc3[n+]2C)Cc2nc3ccccc3n2C)nc2ccccc21.[Fe+4].[O-][Cl+3]([O-])([O-])[O-].[O-][Cl+3]([O-])([O-])[O-].[O-][Cl+3]([O-])([O-])[O-]. The van der Waals surface area contributed by atoms with Crippen LogP contribution in [0.25, 0.3) is 44.1 Å². The summed E-state index contributed by atoms with van der Waals surface area (Å²) in [6.45, 7) is 7.52. The Hall–Kier alpha value is -4.96. The number of hydrogen-bond acceptors (Lipinski definition) is 19. The van der Waals surface area contributed by atoms with Crippen LogP contribution in [0.1, 0.15) is 37.1 Å². The minimum atomic E-state index is -4.94. The minimum Gasteiger partial charge on any atom is -0.855 e. The fourth-order valence-electron chi connectivity index (χ4n) is 6.94. The molecule has 0 radical (unpaired) electrons. The molecule has 0 aliphatic heterocycles. The molecule has 0 atom stereocenters. The maximum atomic E-state index is 8.93. The summed E-state index contributed by atoms with van der Waals surface area (Å²) in [7, 11) is -6.33. The first-order chi connectivity index (χ1) is 32.3. The van der Waals surface area contributed by atoms with Crippen LogP contribution in [-0.4, -0.2) is 63.1 Å². The number of aromatic nitrogens is 8. The molecule has 0 unspecified atom stereocenters. The van der Waals surface area contributed by atoms with E-state index in [0.29, 0.717) is 19.6 Å². The normalized spacial score (nSPS) is 11.3. The molecule has 8 aromatic rings. The van der Waals surface area contributed by atoms with Gasteiger partial charge in [-0.3, -0.25) is 9.80 Å². The first-order valence-electron chi connectivity index (χ1n) is 20.1. The molecule has 70 heavy (non-hydrogen) atoms. The fourth-order valence-corrected chi connectivity index (χ4v) is 6.94. The van der Waals surface area contributed by atoms with Gasteiger partial charge in [0.15, 0.2) is 11.0 Å². The van der Waals surface area contributed by atoms with Crippen molar-refractivity contribution in [1.82, 2.24) is 43.4 Å². The van der Waals surface area contributed by atoms with Crippen molar-refractivity contribution in [2.45, 2.75) is 40.0 Å². The van der Waals surface area contributed by atoms with Crippen LogP contribution < -0.4 is 65.6 Å². The van der Waals surface area contributed by atoms with Crippen molar-refractivity contribution >= 4 is 44.1 Å². The van der Waals surface area contributed by atoms with Crippen molar-refractivity contribution < 1.29 is 113 Å². The Kier molecular flexibility index (Phi) is 24.6. The van der Waals surface area contributed by atoms with Gasteiger partial charge < -0.3 is 18.8 Å². The summed E-state index contributed by atoms with van der Waals surface area (Å²) in [5.41, 5.74) is 8.84. The van der Waals surface area contributed by atoms with Crippen LogP contribution in [0.2, 0.25) is 0 Å². The molecule has 0 amide bonds. The summed E-state index contributed by atoms with van der Waals surface area (Å²) in [4.78, 5) is 23.8. The number of nitrogens with zero attached hydrogens (tertiary/aromatic N) is 10. The molecule has 1 N–H and O–H groups in total. The van der Waals surface area contributed by atoms with Crippen molar-refractivity contribution in [3.8, 4) is 6.07 Å². The molecule has 28 heteroatoms. The number of hydrogen-bond donors (Lipinski definition) is 1. The molecule has 4 heterocycles. The van der Waals surface area contributed by atoms with E-state index >= 15 is 0 Å². The van der Waals surface area contributed by atoms with Gasteiger partial charge in [0.25, 0.3) is 5.82 Å². The van der Waals surface area contributed by atoms with Gasteiger partial charge in [0.2, 0.25) is 0 Å². The van der Waals surface area contributed by atoms with E-state index in [1.54, 1.807) is 13.0 Å². The Morgan fingerprint density at radius 1 is 0.557 bits per heavy atom. The summed E-state index contributed by atoms with van der Waals surface area (Å²) in [5.74, 6) is 4.29. The van der Waals surface area contributed by atoms with Crippen molar-refractivity contribution in [1.29, 1.82) is 5.26 Å². The zero-order valence-electron chi connectivity index (χ0n) is 38.5. The molecule has 0 aliphatic rings. The second-order valence-electron chi connectivity index (χ2n) is 14.4. The Bertz CT molecular complexity index is 2500. The zero-order chi connectivity index (χ0) is 51.7. The first kappa shape index (κ1) is 61.2. The maximum absolute atomic E-state index is 8.93. The number of H-pyrrole nitrogens is 1. The summed E-state index contributed by atoms with van der Waals surface area (Å²) < 4.78 is 111. The van der Waals surface area contributed by atoms with Gasteiger partial charge >= 0.3 is 17.1 Å². The van der Waals surface area contributed by atoms with E-state index in [-0.39, 0.29) is 23.7 Å². The summed E-state index contributed by atoms with van der Waals surface area (Å²) in [6, 6.07) is 35.3. The van der Waals surface area contributed by atoms with Gasteiger partial charge in [-0.05, 0) is 48.5 Å². The minimum absolute atomic E-state index is 0. The summed E-state index contributed by atoms with van der Waals surface area (Å²) in [5, 5.41) is 16.2. The van der Waals surface area contributed by atoms with Gasteiger partial charge in [-0.2, -0.15) is 5.26 Å². The van der Waals surface area contributed by atoms with Crippen LogP contribution >= 0.6 is 0 Å². The average Bonchev–Trinajstić information content (AvgIpc) is 3.95. The molecular formula is C42H49Cl3FeN11O13+. The van der Waals surface area contributed by atoms with Crippen molar-refractivity contribution in [3.05, 3.63) is 120 Å². The van der Waals surface area contributed by atoms with Gasteiger partial charge in [-0.25, -0.2) is 80.4 Å². The molecule has 4 aromatic carbocycles. The fraction of sp³-hybridized carbons (Fsp3) is 0.310. The number of benzene rings is 4. The second-order valence-corrected chi connectivity index (χ2v) is 16.7.